The Bertz CT molecular complexity index is 686. The number of carbonyl (C=O) groups excluding carboxylic acids is 2. The molecule has 0 aromatic heterocycles. The van der Waals surface area contributed by atoms with Crippen molar-refractivity contribution < 1.29 is 14.3 Å². The van der Waals surface area contributed by atoms with Gasteiger partial charge < -0.3 is 4.74 Å². The number of benzene rings is 1. The summed E-state index contributed by atoms with van der Waals surface area (Å²) in [6, 6.07) is 7.74. The smallest absolute Gasteiger partial charge is 0.308 e. The van der Waals surface area contributed by atoms with Crippen molar-refractivity contribution in [3.63, 3.8) is 0 Å². The lowest BCUT2D eigenvalue weighted by atomic mass is 9.90. The SMILES string of the molecule is CCC(=O)c1ccc(C2(N3CCC(C(=O)OC)CC3)C=CC=N2)cc1. The summed E-state index contributed by atoms with van der Waals surface area (Å²) in [5.41, 5.74) is 1.24. The van der Waals surface area contributed by atoms with Crippen molar-refractivity contribution in [2.75, 3.05) is 20.2 Å². The molecule has 3 rings (SSSR count). The van der Waals surface area contributed by atoms with Crippen molar-refractivity contribution in [2.24, 2.45) is 10.9 Å². The molecule has 0 radical (unpaired) electrons. The largest absolute Gasteiger partial charge is 0.469 e. The van der Waals surface area contributed by atoms with E-state index in [1.807, 2.05) is 43.5 Å². The Kier molecular flexibility index (Phi) is 5.13. The summed E-state index contributed by atoms with van der Waals surface area (Å²) in [6.45, 7) is 3.42. The Morgan fingerprint density at radius 1 is 1.24 bits per heavy atom. The first-order chi connectivity index (χ1) is 12.1. The minimum absolute atomic E-state index is 0.0304. The summed E-state index contributed by atoms with van der Waals surface area (Å²) in [5.74, 6) is -0.0104. The van der Waals surface area contributed by atoms with Crippen LogP contribution in [0.5, 0.6) is 0 Å². The van der Waals surface area contributed by atoms with Crippen LogP contribution < -0.4 is 0 Å². The Hall–Kier alpha value is -2.27. The molecule has 0 spiro atoms. The number of ether oxygens (including phenoxy) is 1. The fraction of sp³-hybridized carbons (Fsp3) is 0.450. The number of piperidine rings is 1. The quantitative estimate of drug-likeness (QED) is 0.611. The summed E-state index contributed by atoms with van der Waals surface area (Å²) >= 11 is 0. The predicted octanol–water partition coefficient (Wildman–Crippen LogP) is 2.96. The van der Waals surface area contributed by atoms with Gasteiger partial charge in [0.2, 0.25) is 0 Å². The molecular weight excluding hydrogens is 316 g/mol. The van der Waals surface area contributed by atoms with E-state index < -0.39 is 5.66 Å². The van der Waals surface area contributed by atoms with Gasteiger partial charge in [0.15, 0.2) is 11.4 Å². The minimum Gasteiger partial charge on any atom is -0.469 e. The molecule has 1 atom stereocenters. The molecule has 5 heteroatoms. The van der Waals surface area contributed by atoms with E-state index in [9.17, 15) is 9.59 Å². The highest BCUT2D eigenvalue weighted by molar-refractivity contribution is 5.95. The van der Waals surface area contributed by atoms with E-state index in [-0.39, 0.29) is 17.7 Å². The number of rotatable bonds is 5. The molecule has 2 aliphatic rings. The highest BCUT2D eigenvalue weighted by Gasteiger charge is 2.40. The van der Waals surface area contributed by atoms with E-state index in [2.05, 4.69) is 11.0 Å². The van der Waals surface area contributed by atoms with Crippen LogP contribution >= 0.6 is 0 Å². The first kappa shape index (κ1) is 17.5. The highest BCUT2D eigenvalue weighted by atomic mass is 16.5. The molecule has 5 nitrogen and oxygen atoms in total. The van der Waals surface area contributed by atoms with Crippen LogP contribution in [0, 0.1) is 5.92 Å². The van der Waals surface area contributed by atoms with E-state index in [1.165, 1.54) is 7.11 Å². The lowest BCUT2D eigenvalue weighted by Crippen LogP contribution is -2.48. The number of likely N-dealkylation sites (tertiary alicyclic amines) is 1. The third-order valence-corrected chi connectivity index (χ3v) is 5.15. The number of Topliss-reactive ketones (excluding diaryl/α,β-unsaturated/α-hetero) is 1. The van der Waals surface area contributed by atoms with Gasteiger partial charge in [0.1, 0.15) is 0 Å². The van der Waals surface area contributed by atoms with Gasteiger partial charge in [-0.1, -0.05) is 31.2 Å². The van der Waals surface area contributed by atoms with Crippen LogP contribution in [0.4, 0.5) is 0 Å². The molecule has 0 saturated carbocycles. The van der Waals surface area contributed by atoms with Crippen molar-refractivity contribution in [3.05, 3.63) is 47.5 Å². The van der Waals surface area contributed by atoms with Crippen LogP contribution in [0.15, 0.2) is 41.4 Å². The van der Waals surface area contributed by atoms with Crippen LogP contribution in [-0.4, -0.2) is 43.1 Å². The van der Waals surface area contributed by atoms with E-state index in [1.54, 1.807) is 0 Å². The Morgan fingerprint density at radius 3 is 2.44 bits per heavy atom. The van der Waals surface area contributed by atoms with Crippen LogP contribution in [0.2, 0.25) is 0 Å². The summed E-state index contributed by atoms with van der Waals surface area (Å²) in [6.07, 6.45) is 7.90. The highest BCUT2D eigenvalue weighted by Crippen LogP contribution is 2.37. The van der Waals surface area contributed by atoms with Gasteiger partial charge >= 0.3 is 5.97 Å². The molecular formula is C20H24N2O3. The number of hydrogen-bond acceptors (Lipinski definition) is 5. The minimum atomic E-state index is -0.533. The fourth-order valence-electron chi connectivity index (χ4n) is 3.65. The average molecular weight is 340 g/mol. The molecule has 2 aliphatic heterocycles. The van der Waals surface area contributed by atoms with Crippen LogP contribution in [0.3, 0.4) is 0 Å². The first-order valence-corrected chi connectivity index (χ1v) is 8.80. The van der Waals surface area contributed by atoms with Crippen molar-refractivity contribution in [1.29, 1.82) is 0 Å². The second-order valence-corrected chi connectivity index (χ2v) is 6.50. The van der Waals surface area contributed by atoms with E-state index in [4.69, 9.17) is 9.73 Å². The Labute approximate surface area is 148 Å². The standard InChI is InChI=1S/C20H24N2O3/c1-3-18(23)15-5-7-17(8-6-15)20(11-4-12-21-20)22-13-9-16(10-14-22)19(24)25-2/h4-8,11-12,16H,3,9-10,13-14H2,1-2H3. The lowest BCUT2D eigenvalue weighted by Gasteiger charge is -2.41. The number of methoxy groups -OCH3 is 1. The number of ketones is 1. The van der Waals surface area contributed by atoms with Crippen molar-refractivity contribution in [1.82, 2.24) is 4.90 Å². The van der Waals surface area contributed by atoms with Crippen LogP contribution in [0.25, 0.3) is 0 Å². The Morgan fingerprint density at radius 2 is 1.92 bits per heavy atom. The van der Waals surface area contributed by atoms with Crippen LogP contribution in [0.1, 0.15) is 42.1 Å². The molecule has 0 aliphatic carbocycles. The van der Waals surface area contributed by atoms with Gasteiger partial charge in [-0.3, -0.25) is 19.5 Å². The number of hydrogen-bond donors (Lipinski definition) is 0. The van der Waals surface area contributed by atoms with E-state index in [0.29, 0.717) is 6.42 Å². The maximum absolute atomic E-state index is 11.9. The molecule has 1 fully saturated rings. The molecule has 0 bridgehead atoms. The van der Waals surface area contributed by atoms with Crippen LogP contribution in [-0.2, 0) is 15.2 Å². The van der Waals surface area contributed by atoms with Gasteiger partial charge in [-0.15, -0.1) is 0 Å². The van der Waals surface area contributed by atoms with Crippen molar-refractivity contribution in [2.45, 2.75) is 31.8 Å². The second-order valence-electron chi connectivity index (χ2n) is 6.50. The molecule has 1 aromatic carbocycles. The topological polar surface area (TPSA) is 59.0 Å². The second kappa shape index (κ2) is 7.31. The molecule has 2 heterocycles. The summed E-state index contributed by atoms with van der Waals surface area (Å²) < 4.78 is 4.87. The number of esters is 1. The first-order valence-electron chi connectivity index (χ1n) is 8.80. The summed E-state index contributed by atoms with van der Waals surface area (Å²) in [5, 5.41) is 0. The predicted molar refractivity (Wildman–Crippen MR) is 96.7 cm³/mol. The monoisotopic (exact) mass is 340 g/mol. The number of aliphatic imine (C=N–C) groups is 1. The maximum Gasteiger partial charge on any atom is 0.308 e. The molecule has 1 unspecified atom stereocenters. The van der Waals surface area contributed by atoms with Gasteiger partial charge in [-0.2, -0.15) is 0 Å². The van der Waals surface area contributed by atoms with Gasteiger partial charge in [-0.25, -0.2) is 0 Å². The van der Waals surface area contributed by atoms with Crippen molar-refractivity contribution in [3.8, 4) is 0 Å². The van der Waals surface area contributed by atoms with Gasteiger partial charge in [0.25, 0.3) is 0 Å². The van der Waals surface area contributed by atoms with E-state index in [0.717, 1.165) is 37.1 Å². The average Bonchev–Trinajstić information content (AvgIpc) is 3.18. The number of nitrogens with zero attached hydrogens (tertiary/aromatic N) is 2. The Balaban J connectivity index is 1.81. The van der Waals surface area contributed by atoms with Crippen molar-refractivity contribution >= 4 is 18.0 Å². The number of allylic oxidation sites excluding steroid dienone is 1. The fourth-order valence-corrected chi connectivity index (χ4v) is 3.65. The zero-order valence-electron chi connectivity index (χ0n) is 14.8. The summed E-state index contributed by atoms with van der Waals surface area (Å²) in [7, 11) is 1.44. The normalized spacial score (nSPS) is 23.8. The molecule has 1 aromatic rings. The zero-order valence-corrected chi connectivity index (χ0v) is 14.8. The van der Waals surface area contributed by atoms with Gasteiger partial charge in [0.05, 0.1) is 13.0 Å². The van der Waals surface area contributed by atoms with E-state index >= 15 is 0 Å². The molecule has 132 valence electrons. The van der Waals surface area contributed by atoms with Gasteiger partial charge in [-0.05, 0) is 30.6 Å². The van der Waals surface area contributed by atoms with Gasteiger partial charge in [0, 0.05) is 31.3 Å². The third kappa shape index (κ3) is 3.29. The maximum atomic E-state index is 11.9. The molecule has 0 amide bonds. The molecule has 0 N–H and O–H groups in total. The molecule has 25 heavy (non-hydrogen) atoms. The zero-order chi connectivity index (χ0) is 17.9. The summed E-state index contributed by atoms with van der Waals surface area (Å²) in [4.78, 5) is 30.6. The molecule has 1 saturated heterocycles. The number of carbonyl (C=O) groups is 2. The lowest BCUT2D eigenvalue weighted by molar-refractivity contribution is -0.147. The third-order valence-electron chi connectivity index (χ3n) is 5.15.